The van der Waals surface area contributed by atoms with E-state index in [1.54, 1.807) is 0 Å². The predicted octanol–water partition coefficient (Wildman–Crippen LogP) is -1.34. The van der Waals surface area contributed by atoms with Crippen LogP contribution < -0.4 is 42.6 Å². The number of likely N-dealkylation sites (tertiary alicyclic amines) is 1. The quantitative estimate of drug-likeness (QED) is 0.0574. The average molecular weight is 823 g/mol. The van der Waals surface area contributed by atoms with Gasteiger partial charge in [-0.3, -0.25) is 0 Å². The molecule has 0 spiro atoms. The van der Waals surface area contributed by atoms with E-state index in [4.69, 9.17) is 4.74 Å². The second-order valence-corrected chi connectivity index (χ2v) is 20.9. The van der Waals surface area contributed by atoms with Gasteiger partial charge in [-0.25, -0.2) is 8.42 Å². The monoisotopic (exact) mass is 822 g/mol. The molecule has 14 nitrogen and oxygen atoms in total. The van der Waals surface area contributed by atoms with Crippen molar-refractivity contribution in [3.05, 3.63) is 17.9 Å². The molecule has 0 aromatic heterocycles. The Bertz CT molecular complexity index is 1360. The number of hydroxylamine groups is 1. The summed E-state index contributed by atoms with van der Waals surface area (Å²) in [6.45, 7) is 15.6. The number of carbonyl (C=O) groups is 4. The Balaban J connectivity index is 1.56. The summed E-state index contributed by atoms with van der Waals surface area (Å²) in [5.41, 5.74) is 0.413. The maximum absolute atomic E-state index is 14.5. The number of hydrogen-bond acceptors (Lipinski definition) is 9. The summed E-state index contributed by atoms with van der Waals surface area (Å²) in [5, 5.41) is 20.5. The van der Waals surface area contributed by atoms with Crippen LogP contribution in [0.25, 0.3) is 0 Å². The number of fused-ring (bicyclic) bond motifs is 1. The van der Waals surface area contributed by atoms with Crippen molar-refractivity contribution in [2.75, 3.05) is 36.5 Å². The van der Waals surface area contributed by atoms with E-state index in [0.29, 0.717) is 23.8 Å². The molecule has 2 aliphatic heterocycles. The number of halogens is 1. The first-order valence-corrected chi connectivity index (χ1v) is 21.8. The SMILES string of the molecule is C=CCNN([O-])C(=O)C(NC(=O)C1C2C(CN1C(=O)C(NC(=O)NC1(C3COCCS3(=O)=O)CCCCC1)C(C)(C)C)C2(C)C)[I-]CCC. The van der Waals surface area contributed by atoms with Crippen molar-refractivity contribution >= 4 is 33.6 Å². The molecule has 4 N–H and O–H groups in total. The molecule has 16 heteroatoms. The summed E-state index contributed by atoms with van der Waals surface area (Å²) in [6, 6.07) is -2.58. The number of urea groups is 1. The molecule has 0 bridgehead atoms. The van der Waals surface area contributed by atoms with Crippen molar-refractivity contribution in [2.24, 2.45) is 22.7 Å². The first-order chi connectivity index (χ1) is 22.9. The fourth-order valence-electron chi connectivity index (χ4n) is 7.77. The molecule has 0 aromatic carbocycles. The third-order valence-electron chi connectivity index (χ3n) is 10.6. The first-order valence-electron chi connectivity index (χ1n) is 17.3. The second kappa shape index (κ2) is 15.7. The Hall–Kier alpha value is -2.02. The van der Waals surface area contributed by atoms with Crippen LogP contribution in [0.5, 0.6) is 0 Å². The van der Waals surface area contributed by atoms with Gasteiger partial charge in [-0.05, 0) is 0 Å². The number of piperidine rings is 1. The van der Waals surface area contributed by atoms with Crippen LogP contribution in [0, 0.1) is 27.9 Å². The van der Waals surface area contributed by atoms with Crippen molar-refractivity contribution < 1.29 is 53.5 Å². The zero-order chi connectivity index (χ0) is 36.4. The minimum atomic E-state index is -3.51. The molecule has 0 radical (unpaired) electrons. The van der Waals surface area contributed by atoms with Gasteiger partial charge in [0.2, 0.25) is 0 Å². The van der Waals surface area contributed by atoms with Gasteiger partial charge in [0.25, 0.3) is 0 Å². The molecule has 49 heavy (non-hydrogen) atoms. The van der Waals surface area contributed by atoms with Crippen molar-refractivity contribution in [1.82, 2.24) is 31.4 Å². The zero-order valence-corrected chi connectivity index (χ0v) is 32.7. The molecule has 280 valence electrons. The van der Waals surface area contributed by atoms with Gasteiger partial charge in [0, 0.05) is 0 Å². The third-order valence-corrected chi connectivity index (χ3v) is 16.2. The standard InChI is InChI=1S/C33H55IN6O8S/c1-8-15-34-26(29(43)40(45)35-16-9-2)37-27(41)24-23-21(32(23,6)7)19-39(24)28(42)25(31(3,4)5)36-30(44)38-33(13-11-10-12-14-33)22-20-48-17-18-49(22,46)47/h9,21-26,35H,2,8,10-20H2,1,3-7H3,(H,37,41)(H2,36,38,44)/q-2. The van der Waals surface area contributed by atoms with Crippen LogP contribution in [-0.2, 0) is 29.0 Å². The summed E-state index contributed by atoms with van der Waals surface area (Å²) in [7, 11) is -3.51. The molecule has 0 aromatic rings. The van der Waals surface area contributed by atoms with E-state index in [1.165, 1.54) is 11.0 Å². The molecule has 4 fully saturated rings. The normalized spacial score (nSPS) is 28.0. The van der Waals surface area contributed by atoms with Crippen molar-refractivity contribution in [3.8, 4) is 0 Å². The molecule has 4 rings (SSSR count). The summed E-state index contributed by atoms with van der Waals surface area (Å²) in [4.78, 5) is 57.0. The van der Waals surface area contributed by atoms with Crippen molar-refractivity contribution in [2.45, 2.75) is 107 Å². The fourth-order valence-corrected chi connectivity index (χ4v) is 12.1. The summed E-state index contributed by atoms with van der Waals surface area (Å²) in [5.74, 6) is -1.91. The number of sulfone groups is 1. The Kier molecular flexibility index (Phi) is 12.7. The van der Waals surface area contributed by atoms with Gasteiger partial charge in [-0.2, -0.15) is 0 Å². The Morgan fingerprint density at radius 3 is 2.41 bits per heavy atom. The zero-order valence-electron chi connectivity index (χ0n) is 29.7. The van der Waals surface area contributed by atoms with E-state index in [2.05, 4.69) is 41.8 Å². The number of nitrogens with one attached hydrogen (secondary N) is 4. The number of rotatable bonds is 13. The molecular formula is C33H55IN6O8S-2. The summed E-state index contributed by atoms with van der Waals surface area (Å²) >= 11 is -0.917. The number of hydrazine groups is 1. The van der Waals surface area contributed by atoms with E-state index in [-0.39, 0.29) is 47.9 Å². The van der Waals surface area contributed by atoms with Crippen LogP contribution >= 0.6 is 0 Å². The average Bonchev–Trinajstić information content (AvgIpc) is 3.33. The second-order valence-electron chi connectivity index (χ2n) is 15.4. The Morgan fingerprint density at radius 1 is 1.14 bits per heavy atom. The predicted molar refractivity (Wildman–Crippen MR) is 181 cm³/mol. The van der Waals surface area contributed by atoms with E-state index in [0.717, 1.165) is 25.7 Å². The number of amides is 5. The topological polar surface area (TPSA) is 189 Å². The van der Waals surface area contributed by atoms with Crippen LogP contribution in [0.1, 0.15) is 80.1 Å². The van der Waals surface area contributed by atoms with Gasteiger partial charge in [0.05, 0.1) is 19.0 Å². The van der Waals surface area contributed by atoms with Crippen LogP contribution in [0.4, 0.5) is 4.79 Å². The number of hydrogen-bond donors (Lipinski definition) is 4. The molecular weight excluding hydrogens is 767 g/mol. The first kappa shape index (κ1) is 39.8. The van der Waals surface area contributed by atoms with Crippen molar-refractivity contribution in [3.63, 3.8) is 0 Å². The number of ether oxygens (including phenoxy) is 1. The van der Waals surface area contributed by atoms with Crippen molar-refractivity contribution in [1.29, 1.82) is 0 Å². The molecule has 2 aliphatic carbocycles. The van der Waals surface area contributed by atoms with E-state index in [9.17, 15) is 32.8 Å². The molecule has 5 amide bonds. The molecule has 4 aliphatic rings. The maximum atomic E-state index is 14.5. The van der Waals surface area contributed by atoms with E-state index >= 15 is 0 Å². The van der Waals surface area contributed by atoms with Gasteiger partial charge in [0.1, 0.15) is 0 Å². The van der Waals surface area contributed by atoms with Gasteiger partial charge in [0.15, 0.2) is 9.84 Å². The fraction of sp³-hybridized carbons (Fsp3) is 0.818. The molecule has 6 unspecified atom stereocenters. The van der Waals surface area contributed by atoms with Gasteiger partial charge < -0.3 is 4.74 Å². The number of alkyl halides is 2. The third kappa shape index (κ3) is 8.72. The molecule has 2 saturated carbocycles. The number of carbonyl (C=O) groups excluding carboxylic acids is 4. The van der Waals surface area contributed by atoms with Gasteiger partial charge >= 0.3 is 241 Å². The Morgan fingerprint density at radius 2 is 1.82 bits per heavy atom. The minimum absolute atomic E-state index is 0.00577. The van der Waals surface area contributed by atoms with Crippen LogP contribution in [0.15, 0.2) is 12.7 Å². The summed E-state index contributed by atoms with van der Waals surface area (Å²) in [6.07, 6.45) is 5.66. The van der Waals surface area contributed by atoms with E-state index in [1.807, 2.05) is 27.7 Å². The molecule has 2 heterocycles. The Labute approximate surface area is 301 Å². The van der Waals surface area contributed by atoms with Crippen LogP contribution in [-0.4, -0.2) is 106 Å². The number of nitrogens with zero attached hydrogens (tertiary/aromatic N) is 2. The summed E-state index contributed by atoms with van der Waals surface area (Å²) < 4.78 is 31.7. The van der Waals surface area contributed by atoms with E-state index < -0.39 is 87.1 Å². The molecule has 2 saturated heterocycles. The van der Waals surface area contributed by atoms with Crippen LogP contribution in [0.3, 0.4) is 0 Å². The van der Waals surface area contributed by atoms with Gasteiger partial charge in [-0.15, -0.1) is 0 Å². The van der Waals surface area contributed by atoms with Gasteiger partial charge in [-0.1, -0.05) is 19.3 Å². The molecule has 6 atom stereocenters. The van der Waals surface area contributed by atoms with Crippen LogP contribution in [0.2, 0.25) is 0 Å².